The summed E-state index contributed by atoms with van der Waals surface area (Å²) in [6.45, 7) is -0.760. The molecular weight excluding hydrogens is 410 g/mol. The van der Waals surface area contributed by atoms with Crippen LogP contribution in [0.2, 0.25) is 0 Å². The van der Waals surface area contributed by atoms with Gasteiger partial charge >= 0.3 is 6.09 Å². The summed E-state index contributed by atoms with van der Waals surface area (Å²) >= 11 is 0. The van der Waals surface area contributed by atoms with Crippen molar-refractivity contribution in [3.63, 3.8) is 0 Å². The summed E-state index contributed by atoms with van der Waals surface area (Å²) in [5, 5.41) is 10.7. The van der Waals surface area contributed by atoms with Crippen molar-refractivity contribution >= 4 is 27.8 Å². The van der Waals surface area contributed by atoms with Crippen molar-refractivity contribution in [1.29, 1.82) is 0 Å². The van der Waals surface area contributed by atoms with Crippen molar-refractivity contribution < 1.29 is 36.6 Å². The molecule has 0 bridgehead atoms. The van der Waals surface area contributed by atoms with Gasteiger partial charge < -0.3 is 15.2 Å². The van der Waals surface area contributed by atoms with Crippen molar-refractivity contribution in [2.24, 2.45) is 5.73 Å². The molecule has 13 heteroatoms. The number of ether oxygens (including phenoxy) is 2. The standard InChI is InChI=1S/C16H21N3O9S/c1-26-10-16(14(17)20)7-13(28-29(2,24)25)8-18(16)15(21)27-9-11-3-5-12(6-4-11)19(22)23/h3-6,13H,7-10H2,1-2H3,(H2,17,20)/t13-,16+/m1/s1. The SMILES string of the molecule is COC[C@]1(C(N)=O)C[C@@H](OS(C)(=O)=O)CN1C(=O)OCc1ccc([N+](=O)[O-])cc1. The number of hydrogen-bond acceptors (Lipinski definition) is 9. The Morgan fingerprint density at radius 3 is 2.45 bits per heavy atom. The van der Waals surface area contributed by atoms with Crippen LogP contribution in [0.25, 0.3) is 0 Å². The Labute approximate surface area is 166 Å². The van der Waals surface area contributed by atoms with Crippen LogP contribution in [0.15, 0.2) is 24.3 Å². The molecule has 1 fully saturated rings. The van der Waals surface area contributed by atoms with Gasteiger partial charge in [0, 0.05) is 25.7 Å². The molecular formula is C16H21N3O9S. The van der Waals surface area contributed by atoms with Crippen molar-refractivity contribution in [2.75, 3.05) is 26.5 Å². The van der Waals surface area contributed by atoms with Crippen LogP contribution in [-0.4, -0.2) is 68.4 Å². The Balaban J connectivity index is 2.17. The molecule has 1 aromatic rings. The number of nitro groups is 1. The van der Waals surface area contributed by atoms with Gasteiger partial charge in [-0.3, -0.25) is 24.0 Å². The van der Waals surface area contributed by atoms with Crippen molar-refractivity contribution in [2.45, 2.75) is 24.7 Å². The van der Waals surface area contributed by atoms with E-state index < -0.39 is 38.7 Å². The van der Waals surface area contributed by atoms with Crippen LogP contribution in [0, 0.1) is 10.1 Å². The molecule has 1 aromatic carbocycles. The molecule has 1 heterocycles. The number of nitrogens with two attached hydrogens (primary N) is 1. The molecule has 1 saturated heterocycles. The maximum absolute atomic E-state index is 12.6. The summed E-state index contributed by atoms with van der Waals surface area (Å²) < 4.78 is 38.0. The molecule has 0 unspecified atom stereocenters. The third kappa shape index (κ3) is 5.40. The molecule has 1 aliphatic rings. The van der Waals surface area contributed by atoms with E-state index in [1.54, 1.807) is 0 Å². The van der Waals surface area contributed by atoms with E-state index in [1.165, 1.54) is 31.4 Å². The van der Waals surface area contributed by atoms with Crippen LogP contribution in [0.3, 0.4) is 0 Å². The van der Waals surface area contributed by atoms with Gasteiger partial charge in [-0.05, 0) is 17.7 Å². The highest BCUT2D eigenvalue weighted by Gasteiger charge is 2.54. The van der Waals surface area contributed by atoms with Gasteiger partial charge in [0.15, 0.2) is 5.54 Å². The van der Waals surface area contributed by atoms with Gasteiger partial charge in [-0.1, -0.05) is 0 Å². The molecule has 0 radical (unpaired) electrons. The lowest BCUT2D eigenvalue weighted by molar-refractivity contribution is -0.384. The fourth-order valence-electron chi connectivity index (χ4n) is 3.11. The van der Waals surface area contributed by atoms with Gasteiger partial charge in [0.05, 0.1) is 30.4 Å². The molecule has 29 heavy (non-hydrogen) atoms. The number of benzene rings is 1. The molecule has 2 N–H and O–H groups in total. The largest absolute Gasteiger partial charge is 0.445 e. The minimum Gasteiger partial charge on any atom is -0.445 e. The van der Waals surface area contributed by atoms with E-state index in [0.717, 1.165) is 11.2 Å². The number of nitrogens with zero attached hydrogens (tertiary/aromatic N) is 2. The van der Waals surface area contributed by atoms with Crippen LogP contribution >= 0.6 is 0 Å². The first-order valence-corrected chi connectivity index (χ1v) is 10.1. The Kier molecular flexibility index (Phi) is 6.77. The molecule has 2 amide bonds. The fraction of sp³-hybridized carbons (Fsp3) is 0.500. The molecule has 2 rings (SSSR count). The summed E-state index contributed by atoms with van der Waals surface area (Å²) in [5.74, 6) is -0.897. The molecule has 12 nitrogen and oxygen atoms in total. The minimum absolute atomic E-state index is 0.117. The highest BCUT2D eigenvalue weighted by Crippen LogP contribution is 2.33. The zero-order valence-corrected chi connectivity index (χ0v) is 16.6. The van der Waals surface area contributed by atoms with Crippen molar-refractivity contribution in [3.05, 3.63) is 39.9 Å². The lowest BCUT2D eigenvalue weighted by Gasteiger charge is -2.33. The van der Waals surface area contributed by atoms with E-state index in [2.05, 4.69) is 0 Å². The summed E-state index contributed by atoms with van der Waals surface area (Å²) in [7, 11) is -2.54. The predicted molar refractivity (Wildman–Crippen MR) is 98.1 cm³/mol. The number of carbonyl (C=O) groups excluding carboxylic acids is 2. The highest BCUT2D eigenvalue weighted by atomic mass is 32.2. The number of hydrogen-bond donors (Lipinski definition) is 1. The lowest BCUT2D eigenvalue weighted by Crippen LogP contribution is -2.58. The third-order valence-corrected chi connectivity index (χ3v) is 4.97. The number of primary amides is 1. The van der Waals surface area contributed by atoms with E-state index in [9.17, 15) is 28.1 Å². The number of amides is 2. The van der Waals surface area contributed by atoms with Gasteiger partial charge in [0.25, 0.3) is 15.8 Å². The Bertz CT molecular complexity index is 887. The van der Waals surface area contributed by atoms with Crippen molar-refractivity contribution in [3.8, 4) is 0 Å². The number of carbonyl (C=O) groups is 2. The van der Waals surface area contributed by atoms with Crippen LogP contribution in [0.4, 0.5) is 10.5 Å². The quantitative estimate of drug-likeness (QED) is 0.342. The second-order valence-electron chi connectivity index (χ2n) is 6.54. The predicted octanol–water partition coefficient (Wildman–Crippen LogP) is 0.152. The molecule has 0 aromatic heterocycles. The fourth-order valence-corrected chi connectivity index (χ4v) is 3.73. The second kappa shape index (κ2) is 8.71. The maximum Gasteiger partial charge on any atom is 0.411 e. The smallest absolute Gasteiger partial charge is 0.411 e. The van der Waals surface area contributed by atoms with E-state index in [1.807, 2.05) is 0 Å². The number of non-ortho nitro benzene ring substituents is 1. The molecule has 160 valence electrons. The second-order valence-corrected chi connectivity index (χ2v) is 8.14. The van der Waals surface area contributed by atoms with Crippen molar-refractivity contribution in [1.82, 2.24) is 4.90 Å². The van der Waals surface area contributed by atoms with E-state index >= 15 is 0 Å². The van der Waals surface area contributed by atoms with E-state index in [4.69, 9.17) is 19.4 Å². The van der Waals surface area contributed by atoms with Gasteiger partial charge in [-0.2, -0.15) is 8.42 Å². The normalized spacial score (nSPS) is 21.7. The van der Waals surface area contributed by atoms with Gasteiger partial charge in [-0.25, -0.2) is 4.79 Å². The molecule has 0 saturated carbocycles. The Morgan fingerprint density at radius 2 is 1.97 bits per heavy atom. The monoisotopic (exact) mass is 431 g/mol. The van der Waals surface area contributed by atoms with E-state index in [-0.39, 0.29) is 31.9 Å². The maximum atomic E-state index is 12.6. The lowest BCUT2D eigenvalue weighted by atomic mass is 9.96. The first kappa shape index (κ1) is 22.5. The van der Waals surface area contributed by atoms with Crippen LogP contribution in [0.5, 0.6) is 0 Å². The first-order valence-electron chi connectivity index (χ1n) is 8.33. The summed E-state index contributed by atoms with van der Waals surface area (Å²) in [4.78, 5) is 35.9. The van der Waals surface area contributed by atoms with Crippen LogP contribution in [0.1, 0.15) is 12.0 Å². The first-order chi connectivity index (χ1) is 13.5. The number of methoxy groups -OCH3 is 1. The number of rotatable bonds is 8. The van der Waals surface area contributed by atoms with E-state index in [0.29, 0.717) is 5.56 Å². The average Bonchev–Trinajstić information content (AvgIpc) is 2.98. The Morgan fingerprint density at radius 1 is 1.34 bits per heavy atom. The zero-order chi connectivity index (χ0) is 21.8. The molecule has 0 aliphatic carbocycles. The average molecular weight is 431 g/mol. The third-order valence-electron chi connectivity index (χ3n) is 4.35. The van der Waals surface area contributed by atoms with Crippen LogP contribution < -0.4 is 5.73 Å². The summed E-state index contributed by atoms with van der Waals surface area (Å²) in [6, 6.07) is 5.35. The topological polar surface area (TPSA) is 168 Å². The van der Waals surface area contributed by atoms with Gasteiger partial charge in [0.1, 0.15) is 6.61 Å². The van der Waals surface area contributed by atoms with Gasteiger partial charge in [0.2, 0.25) is 5.91 Å². The molecule has 2 atom stereocenters. The molecule has 0 spiro atoms. The zero-order valence-electron chi connectivity index (χ0n) is 15.8. The number of nitro benzene ring substituents is 1. The Hall–Kier alpha value is -2.77. The summed E-state index contributed by atoms with van der Waals surface area (Å²) in [6.07, 6.45) is -1.26. The van der Waals surface area contributed by atoms with Gasteiger partial charge in [-0.15, -0.1) is 0 Å². The number of likely N-dealkylation sites (tertiary alicyclic amines) is 1. The minimum atomic E-state index is -3.84. The highest BCUT2D eigenvalue weighted by molar-refractivity contribution is 7.86. The van der Waals surface area contributed by atoms with Crippen LogP contribution in [-0.2, 0) is 35.2 Å². The summed E-state index contributed by atoms with van der Waals surface area (Å²) in [5.41, 5.74) is 4.20. The molecule has 1 aliphatic heterocycles.